The molecule has 0 bridgehead atoms. The van der Waals surface area contributed by atoms with E-state index in [2.05, 4.69) is 10.6 Å². The number of carbonyl (C=O) groups is 2. The SMILES string of the molecule is Cc1cccc(NC(=O)Cn2c(C(C)NC(=O)C3CCCO3)nc3ccccc32)c1C. The van der Waals surface area contributed by atoms with Crippen LogP contribution in [0.15, 0.2) is 42.5 Å². The molecule has 2 atom stereocenters. The van der Waals surface area contributed by atoms with E-state index in [1.165, 1.54) is 0 Å². The zero-order valence-electron chi connectivity index (χ0n) is 18.1. The maximum atomic E-state index is 12.9. The molecule has 1 saturated heterocycles. The second-order valence-corrected chi connectivity index (χ2v) is 8.07. The van der Waals surface area contributed by atoms with Crippen LogP contribution in [-0.4, -0.2) is 34.1 Å². The number of aromatic nitrogens is 2. The minimum Gasteiger partial charge on any atom is -0.368 e. The lowest BCUT2D eigenvalue weighted by Crippen LogP contribution is -2.37. The van der Waals surface area contributed by atoms with Gasteiger partial charge in [-0.3, -0.25) is 9.59 Å². The molecule has 2 unspecified atom stereocenters. The topological polar surface area (TPSA) is 85.2 Å². The molecule has 2 aromatic carbocycles. The van der Waals surface area contributed by atoms with E-state index in [1.807, 2.05) is 67.8 Å². The summed E-state index contributed by atoms with van der Waals surface area (Å²) in [6.07, 6.45) is 1.21. The summed E-state index contributed by atoms with van der Waals surface area (Å²) < 4.78 is 7.36. The first-order chi connectivity index (χ1) is 14.9. The average Bonchev–Trinajstić information content (AvgIpc) is 3.40. The van der Waals surface area contributed by atoms with Crippen LogP contribution in [0.3, 0.4) is 0 Å². The number of fused-ring (bicyclic) bond motifs is 1. The third-order valence-electron chi connectivity index (χ3n) is 5.83. The molecule has 1 aliphatic rings. The van der Waals surface area contributed by atoms with E-state index in [0.717, 1.165) is 40.7 Å². The van der Waals surface area contributed by atoms with Gasteiger partial charge in [-0.15, -0.1) is 0 Å². The van der Waals surface area contributed by atoms with Gasteiger partial charge in [-0.1, -0.05) is 24.3 Å². The van der Waals surface area contributed by atoms with Crippen molar-refractivity contribution in [1.29, 1.82) is 0 Å². The Morgan fingerprint density at radius 2 is 2.00 bits per heavy atom. The van der Waals surface area contributed by atoms with Crippen LogP contribution in [0.1, 0.15) is 42.8 Å². The van der Waals surface area contributed by atoms with Gasteiger partial charge in [-0.25, -0.2) is 4.98 Å². The van der Waals surface area contributed by atoms with Crippen LogP contribution in [0, 0.1) is 13.8 Å². The Hall–Kier alpha value is -3.19. The maximum Gasteiger partial charge on any atom is 0.249 e. The molecular weight excluding hydrogens is 392 g/mol. The fourth-order valence-electron chi connectivity index (χ4n) is 3.97. The Morgan fingerprint density at radius 1 is 1.19 bits per heavy atom. The average molecular weight is 421 g/mol. The molecule has 1 aliphatic heterocycles. The number of amides is 2. The maximum absolute atomic E-state index is 12.9. The molecule has 2 heterocycles. The number of hydrogen-bond acceptors (Lipinski definition) is 4. The molecule has 7 nitrogen and oxygen atoms in total. The largest absolute Gasteiger partial charge is 0.368 e. The van der Waals surface area contributed by atoms with Crippen molar-refractivity contribution >= 4 is 28.5 Å². The molecule has 0 aliphatic carbocycles. The number of anilines is 1. The first kappa shape index (κ1) is 21.1. The van der Waals surface area contributed by atoms with E-state index in [0.29, 0.717) is 12.4 Å². The number of aryl methyl sites for hydroxylation is 1. The summed E-state index contributed by atoms with van der Waals surface area (Å²) in [6, 6.07) is 13.2. The summed E-state index contributed by atoms with van der Waals surface area (Å²) in [6.45, 7) is 6.61. The third kappa shape index (κ3) is 4.46. The zero-order chi connectivity index (χ0) is 22.0. The predicted octanol–water partition coefficient (Wildman–Crippen LogP) is 3.65. The highest BCUT2D eigenvalue weighted by Gasteiger charge is 2.27. The van der Waals surface area contributed by atoms with Crippen molar-refractivity contribution in [1.82, 2.24) is 14.9 Å². The first-order valence-corrected chi connectivity index (χ1v) is 10.7. The normalized spacial score (nSPS) is 16.9. The molecule has 3 aromatic rings. The van der Waals surface area contributed by atoms with Crippen LogP contribution in [0.2, 0.25) is 0 Å². The summed E-state index contributed by atoms with van der Waals surface area (Å²) in [4.78, 5) is 30.2. The molecule has 1 fully saturated rings. The summed E-state index contributed by atoms with van der Waals surface area (Å²) in [5, 5.41) is 6.01. The van der Waals surface area contributed by atoms with Crippen molar-refractivity contribution in [2.75, 3.05) is 11.9 Å². The molecular formula is C24H28N4O3. The van der Waals surface area contributed by atoms with Crippen LogP contribution in [0.4, 0.5) is 5.69 Å². The highest BCUT2D eigenvalue weighted by molar-refractivity contribution is 5.92. The lowest BCUT2D eigenvalue weighted by Gasteiger charge is -2.18. The van der Waals surface area contributed by atoms with Gasteiger partial charge in [0.25, 0.3) is 0 Å². The number of nitrogens with zero attached hydrogens (tertiary/aromatic N) is 2. The van der Waals surface area contributed by atoms with Gasteiger partial charge in [0.05, 0.1) is 17.1 Å². The van der Waals surface area contributed by atoms with Crippen LogP contribution >= 0.6 is 0 Å². The molecule has 1 aromatic heterocycles. The van der Waals surface area contributed by atoms with Crippen molar-refractivity contribution in [3.8, 4) is 0 Å². The number of imidazole rings is 1. The van der Waals surface area contributed by atoms with Crippen molar-refractivity contribution in [3.05, 3.63) is 59.4 Å². The van der Waals surface area contributed by atoms with Crippen LogP contribution in [-0.2, 0) is 20.9 Å². The Kier molecular flexibility index (Phi) is 6.04. The second-order valence-electron chi connectivity index (χ2n) is 8.07. The number of benzene rings is 2. The first-order valence-electron chi connectivity index (χ1n) is 10.7. The fourth-order valence-corrected chi connectivity index (χ4v) is 3.97. The standard InChI is InChI=1S/C24H28N4O3/c1-15-8-6-10-18(16(15)2)26-22(29)14-28-20-11-5-4-9-19(20)27-23(28)17(3)25-24(30)21-12-7-13-31-21/h4-6,8-11,17,21H,7,12-14H2,1-3H3,(H,25,30)(H,26,29). The summed E-state index contributed by atoms with van der Waals surface area (Å²) in [5.41, 5.74) is 4.61. The second kappa shape index (κ2) is 8.89. The number of nitrogens with one attached hydrogen (secondary N) is 2. The monoisotopic (exact) mass is 420 g/mol. The van der Waals surface area contributed by atoms with E-state index >= 15 is 0 Å². The fraction of sp³-hybridized carbons (Fsp3) is 0.375. The van der Waals surface area contributed by atoms with E-state index in [4.69, 9.17) is 9.72 Å². The molecule has 0 spiro atoms. The molecule has 7 heteroatoms. The van der Waals surface area contributed by atoms with E-state index in [9.17, 15) is 9.59 Å². The number of rotatable bonds is 6. The predicted molar refractivity (Wildman–Crippen MR) is 120 cm³/mol. The Bertz CT molecular complexity index is 1120. The molecule has 31 heavy (non-hydrogen) atoms. The van der Waals surface area contributed by atoms with Crippen molar-refractivity contribution in [2.24, 2.45) is 0 Å². The van der Waals surface area contributed by atoms with Gasteiger partial charge in [0.15, 0.2) is 0 Å². The van der Waals surface area contributed by atoms with Crippen LogP contribution in [0.5, 0.6) is 0 Å². The zero-order valence-corrected chi connectivity index (χ0v) is 18.1. The van der Waals surface area contributed by atoms with Gasteiger partial charge in [-0.2, -0.15) is 0 Å². The van der Waals surface area contributed by atoms with E-state index < -0.39 is 6.10 Å². The molecule has 2 amide bonds. The lowest BCUT2D eigenvalue weighted by molar-refractivity contribution is -0.130. The van der Waals surface area contributed by atoms with E-state index in [-0.39, 0.29) is 24.4 Å². The number of carbonyl (C=O) groups excluding carboxylic acids is 2. The number of hydrogen-bond donors (Lipinski definition) is 2. The smallest absolute Gasteiger partial charge is 0.249 e. The molecule has 0 radical (unpaired) electrons. The number of para-hydroxylation sites is 2. The minimum atomic E-state index is -0.409. The van der Waals surface area contributed by atoms with Gasteiger partial charge in [0.1, 0.15) is 18.5 Å². The quantitative estimate of drug-likeness (QED) is 0.637. The molecule has 2 N–H and O–H groups in total. The lowest BCUT2D eigenvalue weighted by atomic mass is 10.1. The van der Waals surface area contributed by atoms with Crippen LogP contribution in [0.25, 0.3) is 11.0 Å². The summed E-state index contributed by atoms with van der Waals surface area (Å²) in [5.74, 6) is 0.364. The van der Waals surface area contributed by atoms with Gasteiger partial charge < -0.3 is 19.9 Å². The molecule has 0 saturated carbocycles. The highest BCUT2D eigenvalue weighted by Crippen LogP contribution is 2.23. The Morgan fingerprint density at radius 3 is 2.77 bits per heavy atom. The Balaban J connectivity index is 1.58. The molecule has 162 valence electrons. The summed E-state index contributed by atoms with van der Waals surface area (Å²) in [7, 11) is 0. The third-order valence-corrected chi connectivity index (χ3v) is 5.83. The van der Waals surface area contributed by atoms with Crippen molar-refractivity contribution < 1.29 is 14.3 Å². The van der Waals surface area contributed by atoms with Gasteiger partial charge in [0, 0.05) is 12.3 Å². The van der Waals surface area contributed by atoms with Gasteiger partial charge in [0.2, 0.25) is 11.8 Å². The number of ether oxygens (including phenoxy) is 1. The van der Waals surface area contributed by atoms with Gasteiger partial charge in [-0.05, 0) is 62.9 Å². The molecule has 4 rings (SSSR count). The van der Waals surface area contributed by atoms with Crippen molar-refractivity contribution in [3.63, 3.8) is 0 Å². The summed E-state index contributed by atoms with van der Waals surface area (Å²) >= 11 is 0. The van der Waals surface area contributed by atoms with Gasteiger partial charge >= 0.3 is 0 Å². The van der Waals surface area contributed by atoms with Crippen LogP contribution < -0.4 is 10.6 Å². The van der Waals surface area contributed by atoms with E-state index in [1.54, 1.807) is 0 Å². The Labute approximate surface area is 181 Å². The minimum absolute atomic E-state index is 0.101. The highest BCUT2D eigenvalue weighted by atomic mass is 16.5. The van der Waals surface area contributed by atoms with Crippen molar-refractivity contribution in [2.45, 2.75) is 52.3 Å².